The van der Waals surface area contributed by atoms with Crippen molar-refractivity contribution in [2.24, 2.45) is 0 Å². The Labute approximate surface area is 161 Å². The van der Waals surface area contributed by atoms with Crippen molar-refractivity contribution in [2.75, 3.05) is 6.54 Å². The Bertz CT molecular complexity index is 1190. The molecule has 4 rings (SSSR count). The first-order valence-corrected chi connectivity index (χ1v) is 8.97. The summed E-state index contributed by atoms with van der Waals surface area (Å²) in [5, 5.41) is 12.5. The normalized spacial score (nSPS) is 10.9. The smallest absolute Gasteiger partial charge is 0.256 e. The van der Waals surface area contributed by atoms with Crippen LogP contribution >= 0.6 is 0 Å². The van der Waals surface area contributed by atoms with Crippen molar-refractivity contribution in [3.63, 3.8) is 0 Å². The highest BCUT2D eigenvalue weighted by atomic mass is 16.4. The molecule has 7 nitrogen and oxygen atoms in total. The largest absolute Gasteiger partial charge is 0.443 e. The summed E-state index contributed by atoms with van der Waals surface area (Å²) in [4.78, 5) is 17.3. The lowest BCUT2D eigenvalue weighted by Gasteiger charge is -2.08. The maximum absolute atomic E-state index is 12.7. The van der Waals surface area contributed by atoms with E-state index >= 15 is 0 Å². The summed E-state index contributed by atoms with van der Waals surface area (Å²) >= 11 is 0. The minimum atomic E-state index is -0.321. The van der Waals surface area contributed by atoms with Crippen LogP contribution in [0.1, 0.15) is 27.5 Å². The van der Waals surface area contributed by atoms with Gasteiger partial charge in [0.15, 0.2) is 0 Å². The van der Waals surface area contributed by atoms with Gasteiger partial charge in [0.2, 0.25) is 5.88 Å². The molecule has 0 saturated carbocycles. The highest BCUT2D eigenvalue weighted by molar-refractivity contribution is 5.98. The van der Waals surface area contributed by atoms with Gasteiger partial charge in [0.1, 0.15) is 28.8 Å². The molecule has 0 radical (unpaired) electrons. The molecule has 3 heterocycles. The molecular weight excluding hydrogens is 354 g/mol. The SMILES string of the molecule is Cc1oc(-n2cccc2)c(C#N)c1C(=O)NCCn1c(C)nc2ccccc21. The standard InChI is InChI=1S/C21H19N5O2/c1-14-19(16(13-22)21(28-14)25-10-5-6-11-25)20(27)23-9-12-26-15(2)24-17-7-3-4-8-18(17)26/h3-8,10-11H,9,12H2,1-2H3,(H,23,27). The van der Waals surface area contributed by atoms with Crippen molar-refractivity contribution in [3.05, 3.63) is 71.5 Å². The molecule has 0 aliphatic carbocycles. The number of imidazole rings is 1. The maximum Gasteiger partial charge on any atom is 0.256 e. The second kappa shape index (κ2) is 7.08. The van der Waals surface area contributed by atoms with Crippen LogP contribution in [0, 0.1) is 25.2 Å². The summed E-state index contributed by atoms with van der Waals surface area (Å²) in [5.41, 5.74) is 2.47. The zero-order valence-corrected chi connectivity index (χ0v) is 15.6. The number of carbonyl (C=O) groups is 1. The number of hydrogen-bond acceptors (Lipinski definition) is 4. The molecule has 0 aliphatic rings. The highest BCUT2D eigenvalue weighted by Gasteiger charge is 2.24. The Hall–Kier alpha value is -3.79. The van der Waals surface area contributed by atoms with Crippen LogP contribution in [0.3, 0.4) is 0 Å². The molecule has 1 amide bonds. The molecule has 0 aliphatic heterocycles. The molecule has 0 atom stereocenters. The number of aromatic nitrogens is 3. The summed E-state index contributed by atoms with van der Waals surface area (Å²) in [5.74, 6) is 1.34. The molecular formula is C21H19N5O2. The minimum Gasteiger partial charge on any atom is -0.443 e. The van der Waals surface area contributed by atoms with Crippen LogP contribution in [0.25, 0.3) is 16.9 Å². The number of benzene rings is 1. The molecule has 3 aromatic heterocycles. The topological polar surface area (TPSA) is 88.8 Å². The average molecular weight is 373 g/mol. The van der Waals surface area contributed by atoms with Crippen molar-refractivity contribution in [1.29, 1.82) is 5.26 Å². The summed E-state index contributed by atoms with van der Waals surface area (Å²) in [7, 11) is 0. The molecule has 28 heavy (non-hydrogen) atoms. The number of aryl methyl sites for hydroxylation is 2. The van der Waals surface area contributed by atoms with E-state index in [1.54, 1.807) is 23.9 Å². The molecule has 0 fully saturated rings. The zero-order valence-electron chi connectivity index (χ0n) is 15.6. The Morgan fingerprint density at radius 2 is 1.96 bits per heavy atom. The number of amides is 1. The van der Waals surface area contributed by atoms with Crippen molar-refractivity contribution in [1.82, 2.24) is 19.4 Å². The lowest BCUT2D eigenvalue weighted by molar-refractivity contribution is 0.0950. The van der Waals surface area contributed by atoms with Gasteiger partial charge in [-0.05, 0) is 38.1 Å². The fraction of sp³-hybridized carbons (Fsp3) is 0.190. The van der Waals surface area contributed by atoms with Gasteiger partial charge in [-0.3, -0.25) is 9.36 Å². The van der Waals surface area contributed by atoms with Gasteiger partial charge in [0.05, 0.1) is 11.0 Å². The Morgan fingerprint density at radius 3 is 2.71 bits per heavy atom. The number of rotatable bonds is 5. The number of para-hydroxylation sites is 2. The molecule has 0 spiro atoms. The van der Waals surface area contributed by atoms with Gasteiger partial charge < -0.3 is 14.3 Å². The maximum atomic E-state index is 12.7. The molecule has 0 saturated heterocycles. The van der Waals surface area contributed by atoms with Crippen LogP contribution in [0.15, 0.2) is 53.2 Å². The van der Waals surface area contributed by atoms with Gasteiger partial charge >= 0.3 is 0 Å². The highest BCUT2D eigenvalue weighted by Crippen LogP contribution is 2.25. The molecule has 140 valence electrons. The van der Waals surface area contributed by atoms with Crippen molar-refractivity contribution in [2.45, 2.75) is 20.4 Å². The second-order valence-electron chi connectivity index (χ2n) is 6.47. The fourth-order valence-corrected chi connectivity index (χ4v) is 3.41. The third kappa shape index (κ3) is 2.95. The van der Waals surface area contributed by atoms with E-state index in [1.807, 2.05) is 43.3 Å². The Morgan fingerprint density at radius 1 is 1.21 bits per heavy atom. The van der Waals surface area contributed by atoms with E-state index in [2.05, 4.69) is 20.9 Å². The van der Waals surface area contributed by atoms with Gasteiger partial charge in [-0.25, -0.2) is 4.98 Å². The van der Waals surface area contributed by atoms with Crippen molar-refractivity contribution < 1.29 is 9.21 Å². The monoisotopic (exact) mass is 373 g/mol. The predicted octanol–water partition coefficient (Wildman–Crippen LogP) is 3.34. The molecule has 1 N–H and O–H groups in total. The average Bonchev–Trinajstić information content (AvgIpc) is 3.39. The molecule has 7 heteroatoms. The summed E-state index contributed by atoms with van der Waals surface area (Å²) in [6.45, 7) is 4.63. The number of nitriles is 1. The van der Waals surface area contributed by atoms with Crippen LogP contribution < -0.4 is 5.32 Å². The third-order valence-corrected chi connectivity index (χ3v) is 4.71. The predicted molar refractivity (Wildman–Crippen MR) is 104 cm³/mol. The van der Waals surface area contributed by atoms with Crippen LogP contribution in [0.4, 0.5) is 0 Å². The summed E-state index contributed by atoms with van der Waals surface area (Å²) < 4.78 is 9.44. The molecule has 1 aromatic carbocycles. The first kappa shape index (κ1) is 17.6. The van der Waals surface area contributed by atoms with Crippen LogP contribution in [-0.4, -0.2) is 26.6 Å². The van der Waals surface area contributed by atoms with Crippen molar-refractivity contribution >= 4 is 16.9 Å². The van der Waals surface area contributed by atoms with Crippen molar-refractivity contribution in [3.8, 4) is 12.0 Å². The van der Waals surface area contributed by atoms with E-state index in [-0.39, 0.29) is 17.0 Å². The van der Waals surface area contributed by atoms with Gasteiger partial charge in [-0.2, -0.15) is 5.26 Å². The number of carbonyl (C=O) groups excluding carboxylic acids is 1. The van der Waals surface area contributed by atoms with Gasteiger partial charge in [-0.15, -0.1) is 0 Å². The van der Waals surface area contributed by atoms with Crippen LogP contribution in [0.5, 0.6) is 0 Å². The van der Waals surface area contributed by atoms with E-state index in [9.17, 15) is 10.1 Å². The van der Waals surface area contributed by atoms with Gasteiger partial charge in [0, 0.05) is 25.5 Å². The summed E-state index contributed by atoms with van der Waals surface area (Å²) in [6.07, 6.45) is 3.54. The van der Waals surface area contributed by atoms with E-state index in [1.165, 1.54) is 0 Å². The molecule has 4 aromatic rings. The Kier molecular flexibility index (Phi) is 4.45. The fourth-order valence-electron chi connectivity index (χ4n) is 3.41. The van der Waals surface area contributed by atoms with Gasteiger partial charge in [-0.1, -0.05) is 12.1 Å². The molecule has 0 unspecified atom stereocenters. The number of hydrogen-bond donors (Lipinski definition) is 1. The second-order valence-corrected chi connectivity index (χ2v) is 6.47. The van der Waals surface area contributed by atoms with E-state index in [0.29, 0.717) is 24.7 Å². The lowest BCUT2D eigenvalue weighted by Crippen LogP contribution is -2.28. The Balaban J connectivity index is 1.53. The minimum absolute atomic E-state index is 0.232. The lowest BCUT2D eigenvalue weighted by atomic mass is 10.1. The summed E-state index contributed by atoms with van der Waals surface area (Å²) in [6, 6.07) is 13.7. The number of nitrogens with zero attached hydrogens (tertiary/aromatic N) is 4. The zero-order chi connectivity index (χ0) is 19.7. The van der Waals surface area contributed by atoms with Crippen LogP contribution in [-0.2, 0) is 6.54 Å². The van der Waals surface area contributed by atoms with E-state index in [4.69, 9.17) is 4.42 Å². The first-order chi connectivity index (χ1) is 13.6. The quantitative estimate of drug-likeness (QED) is 0.581. The molecule has 0 bridgehead atoms. The number of nitrogens with one attached hydrogen (secondary N) is 1. The number of furan rings is 1. The van der Waals surface area contributed by atoms with Crippen LogP contribution in [0.2, 0.25) is 0 Å². The van der Waals surface area contributed by atoms with E-state index in [0.717, 1.165) is 16.9 Å². The number of fused-ring (bicyclic) bond motifs is 1. The van der Waals surface area contributed by atoms with E-state index < -0.39 is 0 Å². The van der Waals surface area contributed by atoms with Gasteiger partial charge in [0.25, 0.3) is 5.91 Å². The first-order valence-electron chi connectivity index (χ1n) is 8.97. The third-order valence-electron chi connectivity index (χ3n) is 4.71.